The monoisotopic (exact) mass is 338 g/mol. The predicted octanol–water partition coefficient (Wildman–Crippen LogP) is 5.72. The van der Waals surface area contributed by atoms with Crippen LogP contribution in [0.15, 0.2) is 30.3 Å². The molecule has 0 aromatic heterocycles. The Hall–Kier alpha value is -0.683. The second-order valence-electron chi connectivity index (χ2n) is 7.62. The predicted molar refractivity (Wildman–Crippen MR) is 98.8 cm³/mol. The minimum Gasteiger partial charge on any atom is -0.377 e. The van der Waals surface area contributed by atoms with Gasteiger partial charge in [0.15, 0.2) is 0 Å². The van der Waals surface area contributed by atoms with Crippen LogP contribution in [0.1, 0.15) is 52.0 Å². The summed E-state index contributed by atoms with van der Waals surface area (Å²) >= 11 is 0. The van der Waals surface area contributed by atoms with E-state index in [4.69, 9.17) is 14.2 Å². The fraction of sp³-hybridized carbons (Fsp3) is 0.684. The highest BCUT2D eigenvalue weighted by Gasteiger charge is 2.38. The number of unbranched alkanes of at least 4 members (excludes halogenated alkanes) is 3. The van der Waals surface area contributed by atoms with Crippen LogP contribution in [0.3, 0.4) is 0 Å². The van der Waals surface area contributed by atoms with E-state index in [1.807, 2.05) is 18.2 Å². The highest BCUT2D eigenvalue weighted by atomic mass is 28.4. The van der Waals surface area contributed by atoms with Gasteiger partial charge in [0.2, 0.25) is 8.32 Å². The van der Waals surface area contributed by atoms with Gasteiger partial charge in [-0.2, -0.15) is 0 Å². The Morgan fingerprint density at radius 1 is 0.870 bits per heavy atom. The molecule has 0 aliphatic heterocycles. The Kier molecular flexibility index (Phi) is 9.06. The van der Waals surface area contributed by atoms with E-state index in [1.165, 1.54) is 12.0 Å². The zero-order chi connectivity index (χ0) is 17.2. The summed E-state index contributed by atoms with van der Waals surface area (Å²) in [7, 11) is -1.77. The van der Waals surface area contributed by atoms with E-state index in [1.54, 1.807) is 0 Å². The van der Waals surface area contributed by atoms with E-state index >= 15 is 0 Å². The van der Waals surface area contributed by atoms with E-state index in [0.29, 0.717) is 13.2 Å². The van der Waals surface area contributed by atoms with Crippen molar-refractivity contribution in [3.63, 3.8) is 0 Å². The van der Waals surface area contributed by atoms with E-state index in [2.05, 4.69) is 46.0 Å². The van der Waals surface area contributed by atoms with Crippen LogP contribution in [0.4, 0.5) is 0 Å². The molecular formula is C19H34O3Si. The van der Waals surface area contributed by atoms with Crippen molar-refractivity contribution in [3.05, 3.63) is 35.9 Å². The molecule has 0 saturated heterocycles. The molecule has 1 aromatic carbocycles. The molecule has 0 aliphatic rings. The third-order valence-corrected chi connectivity index (χ3v) is 8.60. The lowest BCUT2D eigenvalue weighted by Gasteiger charge is -2.34. The van der Waals surface area contributed by atoms with Crippen molar-refractivity contribution in [3.8, 4) is 0 Å². The summed E-state index contributed by atoms with van der Waals surface area (Å²) in [4.78, 5) is 5.44. The first-order chi connectivity index (χ1) is 10.8. The first-order valence-electron chi connectivity index (χ1n) is 8.75. The molecular weight excluding hydrogens is 304 g/mol. The van der Waals surface area contributed by atoms with Crippen molar-refractivity contribution in [1.82, 2.24) is 0 Å². The van der Waals surface area contributed by atoms with Gasteiger partial charge in [-0.1, -0.05) is 63.9 Å². The average Bonchev–Trinajstić information content (AvgIpc) is 2.49. The highest BCUT2D eigenvalue weighted by Crippen LogP contribution is 2.36. The average molecular weight is 339 g/mol. The topological polar surface area (TPSA) is 27.7 Å². The second-order valence-corrected chi connectivity index (χ2v) is 12.3. The molecule has 0 saturated carbocycles. The summed E-state index contributed by atoms with van der Waals surface area (Å²) in [6, 6.07) is 10.3. The van der Waals surface area contributed by atoms with E-state index < -0.39 is 8.32 Å². The van der Waals surface area contributed by atoms with Crippen LogP contribution in [0.2, 0.25) is 18.1 Å². The molecule has 0 fully saturated rings. The van der Waals surface area contributed by atoms with Crippen LogP contribution >= 0.6 is 0 Å². The molecule has 0 amide bonds. The molecule has 3 nitrogen and oxygen atoms in total. The van der Waals surface area contributed by atoms with Crippen molar-refractivity contribution >= 4 is 8.32 Å². The minimum atomic E-state index is -1.77. The largest absolute Gasteiger partial charge is 0.377 e. The Morgan fingerprint density at radius 2 is 1.48 bits per heavy atom. The van der Waals surface area contributed by atoms with Crippen LogP contribution in [0.25, 0.3) is 0 Å². The molecule has 0 heterocycles. The number of hydrogen-bond donors (Lipinski definition) is 0. The highest BCUT2D eigenvalue weighted by molar-refractivity contribution is 6.73. The van der Waals surface area contributed by atoms with Crippen LogP contribution in [0.5, 0.6) is 0 Å². The summed E-state index contributed by atoms with van der Waals surface area (Å²) in [6.07, 6.45) is 4.50. The maximum Gasteiger partial charge on any atom is 0.238 e. The third kappa shape index (κ3) is 8.65. The lowest BCUT2D eigenvalue weighted by molar-refractivity contribution is -0.221. The SMILES string of the molecule is CC(C)(C)[Si](C)(C)OOCCCCCCOCc1ccccc1. The Labute approximate surface area is 143 Å². The van der Waals surface area contributed by atoms with Gasteiger partial charge in [0, 0.05) is 6.61 Å². The molecule has 0 bridgehead atoms. The number of hydrogen-bond acceptors (Lipinski definition) is 3. The molecule has 0 N–H and O–H groups in total. The molecule has 0 unspecified atom stereocenters. The molecule has 1 aromatic rings. The summed E-state index contributed by atoms with van der Waals surface area (Å²) in [5.74, 6) is 0. The first kappa shape index (κ1) is 20.4. The smallest absolute Gasteiger partial charge is 0.238 e. The zero-order valence-electron chi connectivity index (χ0n) is 15.6. The van der Waals surface area contributed by atoms with Crippen LogP contribution in [0, 0.1) is 0 Å². The lowest BCUT2D eigenvalue weighted by Crippen LogP contribution is -2.40. The van der Waals surface area contributed by atoms with E-state index in [9.17, 15) is 0 Å². The Morgan fingerprint density at radius 3 is 2.09 bits per heavy atom. The maximum atomic E-state index is 5.70. The third-order valence-electron chi connectivity index (χ3n) is 4.45. The molecule has 0 aliphatic carbocycles. The van der Waals surface area contributed by atoms with Crippen molar-refractivity contribution < 1.29 is 14.2 Å². The van der Waals surface area contributed by atoms with Gasteiger partial charge < -0.3 is 4.74 Å². The van der Waals surface area contributed by atoms with Crippen LogP contribution in [-0.2, 0) is 20.8 Å². The molecule has 23 heavy (non-hydrogen) atoms. The minimum absolute atomic E-state index is 0.198. The zero-order valence-corrected chi connectivity index (χ0v) is 16.6. The van der Waals surface area contributed by atoms with Gasteiger partial charge in [0.25, 0.3) is 0 Å². The molecule has 1 rings (SSSR count). The van der Waals surface area contributed by atoms with Gasteiger partial charge in [0.05, 0.1) is 13.2 Å². The summed E-state index contributed by atoms with van der Waals surface area (Å²) < 4.78 is 11.4. The second kappa shape index (κ2) is 10.2. The van der Waals surface area contributed by atoms with Gasteiger partial charge in [-0.3, -0.25) is 4.58 Å². The normalized spacial score (nSPS) is 12.6. The molecule has 4 heteroatoms. The van der Waals surface area contributed by atoms with Crippen LogP contribution < -0.4 is 0 Å². The molecule has 0 spiro atoms. The number of ether oxygens (including phenoxy) is 1. The van der Waals surface area contributed by atoms with Gasteiger partial charge in [0.1, 0.15) is 0 Å². The summed E-state index contributed by atoms with van der Waals surface area (Å²) in [5.41, 5.74) is 1.24. The molecule has 0 radical (unpaired) electrons. The standard InChI is InChI=1S/C19H34O3Si/c1-19(2,3)23(4,5)22-21-16-12-7-6-11-15-20-17-18-13-9-8-10-14-18/h8-10,13-14H,6-7,11-12,15-17H2,1-5H3. The van der Waals surface area contributed by atoms with E-state index in [-0.39, 0.29) is 5.04 Å². The van der Waals surface area contributed by atoms with E-state index in [0.717, 1.165) is 25.9 Å². The van der Waals surface area contributed by atoms with Crippen molar-refractivity contribution in [2.24, 2.45) is 0 Å². The Balaban J connectivity index is 1.92. The van der Waals surface area contributed by atoms with Crippen molar-refractivity contribution in [1.29, 1.82) is 0 Å². The van der Waals surface area contributed by atoms with Crippen molar-refractivity contribution in [2.45, 2.75) is 71.2 Å². The van der Waals surface area contributed by atoms with Gasteiger partial charge in [-0.15, -0.1) is 0 Å². The fourth-order valence-corrected chi connectivity index (χ4v) is 2.42. The Bertz CT molecular complexity index is 412. The first-order valence-corrected chi connectivity index (χ1v) is 11.7. The summed E-state index contributed by atoms with van der Waals surface area (Å²) in [5, 5.41) is 0.198. The lowest BCUT2D eigenvalue weighted by atomic mass is 10.2. The number of benzene rings is 1. The number of rotatable bonds is 11. The summed E-state index contributed by atoms with van der Waals surface area (Å²) in [6.45, 7) is 13.3. The van der Waals surface area contributed by atoms with Crippen molar-refractivity contribution in [2.75, 3.05) is 13.2 Å². The van der Waals surface area contributed by atoms with Gasteiger partial charge in [-0.25, -0.2) is 4.89 Å². The molecule has 132 valence electrons. The maximum absolute atomic E-state index is 5.70. The van der Waals surface area contributed by atoms with Gasteiger partial charge in [-0.05, 0) is 36.5 Å². The van der Waals surface area contributed by atoms with Gasteiger partial charge >= 0.3 is 0 Å². The van der Waals surface area contributed by atoms with Crippen LogP contribution in [-0.4, -0.2) is 21.5 Å². The molecule has 0 atom stereocenters. The quantitative estimate of drug-likeness (QED) is 0.224. The fourth-order valence-electron chi connectivity index (χ4n) is 1.80.